The van der Waals surface area contributed by atoms with Crippen molar-refractivity contribution in [3.63, 3.8) is 0 Å². The van der Waals surface area contributed by atoms with Gasteiger partial charge in [0.05, 0.1) is 5.25 Å². The van der Waals surface area contributed by atoms with E-state index in [0.29, 0.717) is 0 Å². The number of hydrogen-bond donors (Lipinski definition) is 3. The average Bonchev–Trinajstić information content (AvgIpc) is 2.16. The molecule has 0 saturated heterocycles. The average molecular weight is 336 g/mol. The van der Waals surface area contributed by atoms with Gasteiger partial charge in [0.25, 0.3) is 10.1 Å². The van der Waals surface area contributed by atoms with E-state index >= 15 is 0 Å². The first kappa shape index (κ1) is 20.9. The van der Waals surface area contributed by atoms with Gasteiger partial charge in [-0.25, -0.2) is 0 Å². The van der Waals surface area contributed by atoms with E-state index in [4.69, 9.17) is 0 Å². The van der Waals surface area contributed by atoms with Crippen molar-refractivity contribution >= 4 is 21.9 Å². The van der Waals surface area contributed by atoms with Crippen molar-refractivity contribution < 1.29 is 22.6 Å². The topological polar surface area (TPSA) is 113 Å². The van der Waals surface area contributed by atoms with E-state index in [0.717, 1.165) is 0 Å². The molecule has 0 aliphatic heterocycles. The Bertz CT molecular complexity index is 500. The van der Waals surface area contributed by atoms with Gasteiger partial charge in [-0.3, -0.25) is 14.1 Å². The molecule has 2 amide bonds. The third kappa shape index (κ3) is 10.6. The Morgan fingerprint density at radius 1 is 0.955 bits per heavy atom. The summed E-state index contributed by atoms with van der Waals surface area (Å²) in [7, 11) is -4.40. The molecule has 3 N–H and O–H groups in total. The minimum atomic E-state index is -4.40. The smallest absolute Gasteiger partial charge is 0.268 e. The molecule has 0 spiro atoms. The summed E-state index contributed by atoms with van der Waals surface area (Å²) in [4.78, 5) is 23.5. The van der Waals surface area contributed by atoms with Gasteiger partial charge < -0.3 is 10.6 Å². The zero-order valence-electron chi connectivity index (χ0n) is 14.2. The molecule has 0 aromatic carbocycles. The molecule has 0 aromatic heterocycles. The molecule has 0 radical (unpaired) electrons. The second-order valence-electron chi connectivity index (χ2n) is 7.48. The van der Waals surface area contributed by atoms with Crippen molar-refractivity contribution in [2.24, 2.45) is 0 Å². The molecule has 0 saturated carbocycles. The van der Waals surface area contributed by atoms with Gasteiger partial charge in [-0.1, -0.05) is 0 Å². The summed E-state index contributed by atoms with van der Waals surface area (Å²) >= 11 is 0. The van der Waals surface area contributed by atoms with Crippen LogP contribution in [0.5, 0.6) is 0 Å². The molecule has 1 atom stereocenters. The molecule has 8 heteroatoms. The molecule has 0 aromatic rings. The molecular weight excluding hydrogens is 308 g/mol. The molecule has 0 aliphatic carbocycles. The second kappa shape index (κ2) is 7.41. The fourth-order valence-corrected chi connectivity index (χ4v) is 2.58. The Balaban J connectivity index is 4.69. The Morgan fingerprint density at radius 2 is 1.36 bits per heavy atom. The van der Waals surface area contributed by atoms with Gasteiger partial charge in [-0.2, -0.15) is 8.42 Å². The van der Waals surface area contributed by atoms with Crippen molar-refractivity contribution in [3.8, 4) is 0 Å². The lowest BCUT2D eigenvalue weighted by Crippen LogP contribution is -2.43. The van der Waals surface area contributed by atoms with Crippen LogP contribution in [0.4, 0.5) is 0 Å². The Morgan fingerprint density at radius 3 is 1.73 bits per heavy atom. The minimum absolute atomic E-state index is 0.0788. The number of rotatable bonds is 6. The fourth-order valence-electron chi connectivity index (χ4n) is 1.81. The van der Waals surface area contributed by atoms with Crippen molar-refractivity contribution in [1.82, 2.24) is 10.6 Å². The number of nitrogens with one attached hydrogen (secondary N) is 2. The summed E-state index contributed by atoms with van der Waals surface area (Å²) in [6.45, 7) is 10.7. The first-order chi connectivity index (χ1) is 9.60. The number of amides is 2. The third-order valence-electron chi connectivity index (χ3n) is 2.56. The van der Waals surface area contributed by atoms with Crippen molar-refractivity contribution in [2.75, 3.05) is 0 Å². The van der Waals surface area contributed by atoms with Crippen molar-refractivity contribution in [1.29, 1.82) is 0 Å². The zero-order chi connectivity index (χ0) is 17.8. The molecule has 0 rings (SSSR count). The maximum absolute atomic E-state index is 11.8. The first-order valence-electron chi connectivity index (χ1n) is 7.18. The molecule has 22 heavy (non-hydrogen) atoms. The molecule has 130 valence electrons. The number of hydrogen-bond acceptors (Lipinski definition) is 4. The van der Waals surface area contributed by atoms with Gasteiger partial charge in [0, 0.05) is 23.9 Å². The molecular formula is C14H28N2O5S. The van der Waals surface area contributed by atoms with Crippen LogP contribution in [0.3, 0.4) is 0 Å². The maximum atomic E-state index is 11.8. The standard InChI is InChI=1S/C14H28N2O5S/c1-13(2,3)15-11(17)8-7-10(22(19,20)21)9-12(18)16-14(4,5)6/h10H,7-9H2,1-6H3,(H,15,17)(H,16,18)(H,19,20,21)/t10-/m0/s1. The van der Waals surface area contributed by atoms with Gasteiger partial charge in [-0.15, -0.1) is 0 Å². The normalized spacial score (nSPS) is 14.3. The second-order valence-corrected chi connectivity index (χ2v) is 9.17. The van der Waals surface area contributed by atoms with Gasteiger partial charge in [0.2, 0.25) is 11.8 Å². The van der Waals surface area contributed by atoms with E-state index in [2.05, 4.69) is 10.6 Å². The van der Waals surface area contributed by atoms with E-state index in [1.807, 2.05) is 20.8 Å². The number of carbonyl (C=O) groups excluding carboxylic acids is 2. The van der Waals surface area contributed by atoms with Crippen molar-refractivity contribution in [3.05, 3.63) is 0 Å². The lowest BCUT2D eigenvalue weighted by molar-refractivity contribution is -0.124. The summed E-state index contributed by atoms with van der Waals surface area (Å²) in [6.07, 6.45) is -0.568. The van der Waals surface area contributed by atoms with E-state index < -0.39 is 32.4 Å². The highest BCUT2D eigenvalue weighted by Crippen LogP contribution is 2.13. The van der Waals surface area contributed by atoms with Crippen LogP contribution in [0.1, 0.15) is 60.8 Å². The Labute approximate surface area is 133 Å². The molecule has 0 aliphatic rings. The van der Waals surface area contributed by atoms with Crippen LogP contribution in [-0.4, -0.2) is 41.1 Å². The summed E-state index contributed by atoms with van der Waals surface area (Å²) < 4.78 is 32.0. The molecule has 7 nitrogen and oxygen atoms in total. The lowest BCUT2D eigenvalue weighted by Gasteiger charge is -2.23. The minimum Gasteiger partial charge on any atom is -0.352 e. The van der Waals surface area contributed by atoms with Crippen LogP contribution >= 0.6 is 0 Å². The van der Waals surface area contributed by atoms with Crippen LogP contribution < -0.4 is 10.6 Å². The van der Waals surface area contributed by atoms with Crippen LogP contribution in [0, 0.1) is 0 Å². The van der Waals surface area contributed by atoms with Crippen LogP contribution in [-0.2, 0) is 19.7 Å². The van der Waals surface area contributed by atoms with Gasteiger partial charge in [-0.05, 0) is 48.0 Å². The predicted molar refractivity (Wildman–Crippen MR) is 85.0 cm³/mol. The Hall–Kier alpha value is -1.15. The molecule has 0 unspecified atom stereocenters. The highest BCUT2D eigenvalue weighted by Gasteiger charge is 2.28. The van der Waals surface area contributed by atoms with Crippen LogP contribution in [0.25, 0.3) is 0 Å². The molecule has 0 bridgehead atoms. The highest BCUT2D eigenvalue weighted by molar-refractivity contribution is 7.86. The lowest BCUT2D eigenvalue weighted by atomic mass is 10.1. The van der Waals surface area contributed by atoms with E-state index in [-0.39, 0.29) is 25.2 Å². The summed E-state index contributed by atoms with van der Waals surface area (Å²) in [5.74, 6) is -0.802. The highest BCUT2D eigenvalue weighted by atomic mass is 32.2. The monoisotopic (exact) mass is 336 g/mol. The van der Waals surface area contributed by atoms with E-state index in [1.165, 1.54) is 0 Å². The van der Waals surface area contributed by atoms with Gasteiger partial charge in [0.15, 0.2) is 0 Å². The summed E-state index contributed by atoms with van der Waals surface area (Å²) in [6, 6.07) is 0. The van der Waals surface area contributed by atoms with E-state index in [9.17, 15) is 22.6 Å². The quantitative estimate of drug-likeness (QED) is 0.632. The van der Waals surface area contributed by atoms with Crippen molar-refractivity contribution in [2.45, 2.75) is 77.1 Å². The third-order valence-corrected chi connectivity index (χ3v) is 3.80. The summed E-state index contributed by atoms with van der Waals surface area (Å²) in [5, 5.41) is 4.04. The zero-order valence-corrected chi connectivity index (χ0v) is 15.0. The van der Waals surface area contributed by atoms with E-state index in [1.54, 1.807) is 20.8 Å². The van der Waals surface area contributed by atoms with Gasteiger partial charge >= 0.3 is 0 Å². The SMILES string of the molecule is CC(C)(C)NC(=O)CC[C@@H](CC(=O)NC(C)(C)C)S(=O)(=O)O. The number of carbonyl (C=O) groups is 2. The first-order valence-corrected chi connectivity index (χ1v) is 8.69. The predicted octanol–water partition coefficient (Wildman–Crippen LogP) is 1.24. The summed E-state index contributed by atoms with van der Waals surface area (Å²) in [5.41, 5.74) is -0.918. The van der Waals surface area contributed by atoms with Gasteiger partial charge in [0.1, 0.15) is 0 Å². The Kier molecular flexibility index (Phi) is 7.02. The van der Waals surface area contributed by atoms with Crippen LogP contribution in [0.2, 0.25) is 0 Å². The fraction of sp³-hybridized carbons (Fsp3) is 0.857. The largest absolute Gasteiger partial charge is 0.352 e. The molecule has 0 fully saturated rings. The molecule has 0 heterocycles. The van der Waals surface area contributed by atoms with Crippen LogP contribution in [0.15, 0.2) is 0 Å². The maximum Gasteiger partial charge on any atom is 0.268 e.